The summed E-state index contributed by atoms with van der Waals surface area (Å²) in [6, 6.07) is 19.6. The quantitative estimate of drug-likeness (QED) is 0.311. The highest BCUT2D eigenvalue weighted by molar-refractivity contribution is 7.94. The van der Waals surface area contributed by atoms with Crippen molar-refractivity contribution in [1.82, 2.24) is 9.27 Å². The molecule has 0 aliphatic carbocycles. The summed E-state index contributed by atoms with van der Waals surface area (Å²) in [5.41, 5.74) is 1.85. The molecule has 0 N–H and O–H groups in total. The molecule has 1 aliphatic rings. The van der Waals surface area contributed by atoms with Crippen LogP contribution in [0.25, 0.3) is 10.1 Å². The molecule has 4 aromatic rings. The fraction of sp³-hybridized carbons (Fsp3) is 0.346. The van der Waals surface area contributed by atoms with Crippen LogP contribution in [-0.4, -0.2) is 56.5 Å². The number of para-hydroxylation sites is 1. The summed E-state index contributed by atoms with van der Waals surface area (Å²) >= 11 is 2.83. The van der Waals surface area contributed by atoms with Gasteiger partial charge < -0.3 is 4.90 Å². The summed E-state index contributed by atoms with van der Waals surface area (Å²) in [5.74, 6) is 1.10. The molecule has 9 heteroatoms. The van der Waals surface area contributed by atoms with E-state index in [2.05, 4.69) is 40.1 Å². The first-order chi connectivity index (χ1) is 16.9. The second kappa shape index (κ2) is 10.3. The average Bonchev–Trinajstić information content (AvgIpc) is 3.55. The second-order valence-corrected chi connectivity index (χ2v) is 12.8. The monoisotopic (exact) mass is 526 g/mol. The van der Waals surface area contributed by atoms with Crippen LogP contribution >= 0.6 is 22.9 Å². The summed E-state index contributed by atoms with van der Waals surface area (Å²) in [6.45, 7) is 8.59. The summed E-state index contributed by atoms with van der Waals surface area (Å²) in [6.07, 6.45) is 0.805. The van der Waals surface area contributed by atoms with Crippen LogP contribution in [0.2, 0.25) is 0 Å². The molecule has 0 saturated carbocycles. The Balaban J connectivity index is 1.27. The van der Waals surface area contributed by atoms with Gasteiger partial charge >= 0.3 is 0 Å². The molecule has 0 amide bonds. The number of piperazine rings is 1. The topological polar surface area (TPSA) is 56.8 Å². The zero-order chi connectivity index (χ0) is 24.4. The highest BCUT2D eigenvalue weighted by atomic mass is 32.2. The van der Waals surface area contributed by atoms with Crippen LogP contribution in [0.5, 0.6) is 0 Å². The van der Waals surface area contributed by atoms with Gasteiger partial charge in [0, 0.05) is 44.2 Å². The van der Waals surface area contributed by atoms with E-state index in [0.717, 1.165) is 56.2 Å². The first kappa shape index (κ1) is 24.2. The van der Waals surface area contributed by atoms with Crippen LogP contribution < -0.4 is 9.21 Å². The molecule has 2 aromatic heterocycles. The van der Waals surface area contributed by atoms with Gasteiger partial charge in [0.15, 0.2) is 0 Å². The Hall–Kier alpha value is -2.46. The SMILES string of the molecule is CC(C)N(c1ccccc1CCN1CCN(c2nsc3ccccc23)CC1)S(=O)(=O)c1cccs1. The number of aromatic nitrogens is 1. The number of hydrogen-bond donors (Lipinski definition) is 0. The Labute approximate surface area is 215 Å². The fourth-order valence-corrected chi connectivity index (χ4v) is 8.27. The van der Waals surface area contributed by atoms with E-state index in [9.17, 15) is 8.42 Å². The van der Waals surface area contributed by atoms with E-state index < -0.39 is 10.0 Å². The molecule has 0 bridgehead atoms. The molecule has 0 radical (unpaired) electrons. The van der Waals surface area contributed by atoms with Gasteiger partial charge in [-0.1, -0.05) is 36.4 Å². The standard InChI is InChI=1S/C26H30N4O2S3/c1-20(2)30(35(31,32)25-12-7-19-33-25)23-10-5-3-8-21(23)13-14-28-15-17-29(18-16-28)26-22-9-4-6-11-24(22)34-27-26/h3-12,19-20H,13-18H2,1-2H3. The van der Waals surface area contributed by atoms with Gasteiger partial charge in [-0.25, -0.2) is 8.42 Å². The van der Waals surface area contributed by atoms with E-state index in [1.807, 2.05) is 37.4 Å². The summed E-state index contributed by atoms with van der Waals surface area (Å²) < 4.78 is 34.8. The molecular weight excluding hydrogens is 497 g/mol. The van der Waals surface area contributed by atoms with Gasteiger partial charge in [0.2, 0.25) is 0 Å². The normalized spacial score (nSPS) is 15.2. The molecular formula is C26H30N4O2S3. The lowest BCUT2D eigenvalue weighted by Gasteiger charge is -2.35. The molecule has 0 atom stereocenters. The first-order valence-electron chi connectivity index (χ1n) is 11.9. The van der Waals surface area contributed by atoms with Gasteiger partial charge in [0.05, 0.1) is 10.4 Å². The van der Waals surface area contributed by atoms with E-state index in [1.165, 1.54) is 21.4 Å². The lowest BCUT2D eigenvalue weighted by Crippen LogP contribution is -2.47. The molecule has 5 rings (SSSR count). The second-order valence-electron chi connectivity index (χ2n) is 9.04. The third kappa shape index (κ3) is 4.95. The lowest BCUT2D eigenvalue weighted by molar-refractivity contribution is 0.261. The van der Waals surface area contributed by atoms with Crippen LogP contribution in [0, 0.1) is 0 Å². The van der Waals surface area contributed by atoms with Crippen molar-refractivity contribution in [2.24, 2.45) is 0 Å². The Morgan fingerprint density at radius 3 is 2.46 bits per heavy atom. The van der Waals surface area contributed by atoms with E-state index in [1.54, 1.807) is 28.0 Å². The summed E-state index contributed by atoms with van der Waals surface area (Å²) in [4.78, 5) is 4.85. The minimum atomic E-state index is -3.60. The molecule has 3 heterocycles. The Bertz CT molecular complexity index is 1370. The van der Waals surface area contributed by atoms with Crippen LogP contribution in [0.3, 0.4) is 0 Å². The van der Waals surface area contributed by atoms with Crippen molar-refractivity contribution in [2.45, 2.75) is 30.5 Å². The van der Waals surface area contributed by atoms with E-state index in [-0.39, 0.29) is 6.04 Å². The zero-order valence-corrected chi connectivity index (χ0v) is 22.5. The van der Waals surface area contributed by atoms with E-state index in [0.29, 0.717) is 4.21 Å². The van der Waals surface area contributed by atoms with Gasteiger partial charge in [0.1, 0.15) is 10.0 Å². The highest BCUT2D eigenvalue weighted by Crippen LogP contribution is 2.32. The molecule has 1 aliphatic heterocycles. The van der Waals surface area contributed by atoms with Crippen molar-refractivity contribution in [3.8, 4) is 0 Å². The average molecular weight is 527 g/mol. The molecule has 35 heavy (non-hydrogen) atoms. The van der Waals surface area contributed by atoms with E-state index >= 15 is 0 Å². The predicted molar refractivity (Wildman–Crippen MR) is 148 cm³/mol. The van der Waals surface area contributed by atoms with Crippen molar-refractivity contribution in [1.29, 1.82) is 0 Å². The van der Waals surface area contributed by atoms with Gasteiger partial charge in [-0.2, -0.15) is 4.37 Å². The molecule has 184 valence electrons. The molecule has 6 nitrogen and oxygen atoms in total. The maximum absolute atomic E-state index is 13.5. The zero-order valence-electron chi connectivity index (χ0n) is 20.0. The van der Waals surface area contributed by atoms with Crippen LogP contribution in [0.1, 0.15) is 19.4 Å². The fourth-order valence-electron chi connectivity index (χ4n) is 4.69. The number of thiophene rings is 1. The Morgan fingerprint density at radius 2 is 1.71 bits per heavy atom. The minimum Gasteiger partial charge on any atom is -0.353 e. The smallest absolute Gasteiger partial charge is 0.274 e. The van der Waals surface area contributed by atoms with Crippen molar-refractivity contribution >= 4 is 54.5 Å². The summed E-state index contributed by atoms with van der Waals surface area (Å²) in [7, 11) is -3.60. The molecule has 1 saturated heterocycles. The highest BCUT2D eigenvalue weighted by Gasteiger charge is 2.30. The van der Waals surface area contributed by atoms with Gasteiger partial charge in [-0.15, -0.1) is 11.3 Å². The number of anilines is 2. The number of sulfonamides is 1. The van der Waals surface area contributed by atoms with Crippen LogP contribution in [0.4, 0.5) is 11.5 Å². The van der Waals surface area contributed by atoms with Crippen molar-refractivity contribution in [3.05, 3.63) is 71.6 Å². The third-order valence-electron chi connectivity index (χ3n) is 6.43. The summed E-state index contributed by atoms with van der Waals surface area (Å²) in [5, 5.41) is 3.05. The largest absolute Gasteiger partial charge is 0.353 e. The predicted octanol–water partition coefficient (Wildman–Crippen LogP) is 5.33. The number of rotatable bonds is 8. The van der Waals surface area contributed by atoms with Gasteiger partial charge in [0.25, 0.3) is 10.0 Å². The molecule has 0 unspecified atom stereocenters. The molecule has 1 fully saturated rings. The van der Waals surface area contributed by atoms with Gasteiger partial charge in [-0.3, -0.25) is 9.21 Å². The van der Waals surface area contributed by atoms with Crippen LogP contribution in [-0.2, 0) is 16.4 Å². The number of hydrogen-bond acceptors (Lipinski definition) is 7. The maximum atomic E-state index is 13.5. The lowest BCUT2D eigenvalue weighted by atomic mass is 10.1. The van der Waals surface area contributed by atoms with Gasteiger partial charge in [-0.05, 0) is 67.0 Å². The van der Waals surface area contributed by atoms with E-state index in [4.69, 9.17) is 4.37 Å². The third-order valence-corrected chi connectivity index (χ3v) is 10.6. The molecule has 0 spiro atoms. The first-order valence-corrected chi connectivity index (χ1v) is 15.0. The van der Waals surface area contributed by atoms with Crippen LogP contribution in [0.15, 0.2) is 70.3 Å². The van der Waals surface area contributed by atoms with Crippen molar-refractivity contribution in [2.75, 3.05) is 41.9 Å². The number of nitrogens with zero attached hydrogens (tertiary/aromatic N) is 4. The molecule has 2 aromatic carbocycles. The maximum Gasteiger partial charge on any atom is 0.274 e. The minimum absolute atomic E-state index is 0.181. The Morgan fingerprint density at radius 1 is 0.971 bits per heavy atom. The van der Waals surface area contributed by atoms with Crippen molar-refractivity contribution < 1.29 is 8.42 Å². The Kier molecular flexibility index (Phi) is 7.11. The van der Waals surface area contributed by atoms with Crippen molar-refractivity contribution in [3.63, 3.8) is 0 Å². The number of benzene rings is 2. The number of fused-ring (bicyclic) bond motifs is 1.